The van der Waals surface area contributed by atoms with E-state index >= 15 is 0 Å². The molecule has 6 nitrogen and oxygen atoms in total. The number of nitrogens with one attached hydrogen (secondary N) is 2. The molecule has 0 heterocycles. The predicted octanol–water partition coefficient (Wildman–Crippen LogP) is 2.87. The Morgan fingerprint density at radius 2 is 1.76 bits per heavy atom. The first kappa shape index (κ1) is 20.2. The first-order valence-corrected chi connectivity index (χ1v) is 8.01. The SMILES string of the molecule is CC(=O)CC(=O)Nc1ccc(C#CCCNC(=O)OC(C)(C)C)cc1. The third-order valence-electron chi connectivity index (χ3n) is 2.73. The second kappa shape index (κ2) is 9.48. The van der Waals surface area contributed by atoms with Gasteiger partial charge < -0.3 is 15.4 Å². The highest BCUT2D eigenvalue weighted by Crippen LogP contribution is 2.09. The van der Waals surface area contributed by atoms with Gasteiger partial charge in [-0.1, -0.05) is 11.8 Å². The zero-order valence-corrected chi connectivity index (χ0v) is 15.1. The van der Waals surface area contributed by atoms with E-state index in [-0.39, 0.29) is 18.1 Å². The highest BCUT2D eigenvalue weighted by molar-refractivity contribution is 6.03. The quantitative estimate of drug-likeness (QED) is 0.489. The van der Waals surface area contributed by atoms with Crippen molar-refractivity contribution in [3.63, 3.8) is 0 Å². The zero-order chi connectivity index (χ0) is 18.9. The molecule has 1 aromatic carbocycles. The molecule has 0 aromatic heterocycles. The summed E-state index contributed by atoms with van der Waals surface area (Å²) in [6.45, 7) is 7.19. The van der Waals surface area contributed by atoms with Crippen LogP contribution in [0, 0.1) is 11.8 Å². The molecule has 0 aliphatic heterocycles. The minimum absolute atomic E-state index is 0.133. The average molecular weight is 344 g/mol. The minimum atomic E-state index is -0.517. The number of carbonyl (C=O) groups is 3. The number of amides is 2. The molecular formula is C19H24N2O4. The number of hydrogen-bond donors (Lipinski definition) is 2. The van der Waals surface area contributed by atoms with E-state index in [1.54, 1.807) is 45.0 Å². The lowest BCUT2D eigenvalue weighted by Crippen LogP contribution is -2.32. The van der Waals surface area contributed by atoms with Crippen molar-refractivity contribution in [2.75, 3.05) is 11.9 Å². The van der Waals surface area contributed by atoms with E-state index in [2.05, 4.69) is 22.5 Å². The van der Waals surface area contributed by atoms with Gasteiger partial charge in [-0.2, -0.15) is 0 Å². The van der Waals surface area contributed by atoms with Crippen molar-refractivity contribution >= 4 is 23.5 Å². The largest absolute Gasteiger partial charge is 0.444 e. The van der Waals surface area contributed by atoms with E-state index in [0.29, 0.717) is 18.7 Å². The van der Waals surface area contributed by atoms with Crippen molar-refractivity contribution < 1.29 is 19.1 Å². The number of ether oxygens (including phenoxy) is 1. The second-order valence-corrected chi connectivity index (χ2v) is 6.48. The van der Waals surface area contributed by atoms with Gasteiger partial charge in [0.2, 0.25) is 5.91 Å². The summed E-state index contributed by atoms with van der Waals surface area (Å²) in [6.07, 6.45) is -0.0947. The standard InChI is InChI=1S/C19H24N2O4/c1-14(22)13-17(23)21-16-10-8-15(9-11-16)7-5-6-12-20-18(24)25-19(2,3)4/h8-11H,6,12-13H2,1-4H3,(H,20,24)(H,21,23). The van der Waals surface area contributed by atoms with Gasteiger partial charge in [-0.15, -0.1) is 0 Å². The Balaban J connectivity index is 2.39. The Morgan fingerprint density at radius 3 is 2.32 bits per heavy atom. The minimum Gasteiger partial charge on any atom is -0.444 e. The molecule has 0 atom stereocenters. The van der Waals surface area contributed by atoms with E-state index in [1.807, 2.05) is 0 Å². The Morgan fingerprint density at radius 1 is 1.12 bits per heavy atom. The first-order valence-electron chi connectivity index (χ1n) is 8.01. The van der Waals surface area contributed by atoms with Crippen LogP contribution in [0.1, 0.15) is 46.1 Å². The van der Waals surface area contributed by atoms with Crippen LogP contribution in [0.2, 0.25) is 0 Å². The van der Waals surface area contributed by atoms with Gasteiger partial charge in [0, 0.05) is 24.2 Å². The maximum atomic E-state index is 11.5. The molecule has 1 rings (SSSR count). The van der Waals surface area contributed by atoms with Crippen LogP contribution in [0.3, 0.4) is 0 Å². The van der Waals surface area contributed by atoms with Gasteiger partial charge in [0.1, 0.15) is 11.4 Å². The van der Waals surface area contributed by atoms with Crippen LogP contribution in [-0.4, -0.2) is 29.9 Å². The normalized spacial score (nSPS) is 10.2. The fourth-order valence-electron chi connectivity index (χ4n) is 1.77. The molecule has 2 N–H and O–H groups in total. The van der Waals surface area contributed by atoms with Crippen LogP contribution < -0.4 is 10.6 Å². The van der Waals surface area contributed by atoms with Gasteiger partial charge >= 0.3 is 6.09 Å². The lowest BCUT2D eigenvalue weighted by atomic mass is 10.2. The third-order valence-corrected chi connectivity index (χ3v) is 2.73. The number of hydrogen-bond acceptors (Lipinski definition) is 4. The molecule has 0 unspecified atom stereocenters. The van der Waals surface area contributed by atoms with Crippen molar-refractivity contribution in [1.29, 1.82) is 0 Å². The summed E-state index contributed by atoms with van der Waals surface area (Å²) in [5.41, 5.74) is 0.891. The molecule has 0 radical (unpaired) electrons. The summed E-state index contributed by atoms with van der Waals surface area (Å²) in [6, 6.07) is 7.00. The summed E-state index contributed by atoms with van der Waals surface area (Å²) in [5.74, 6) is 5.41. The van der Waals surface area contributed by atoms with E-state index in [0.717, 1.165) is 5.56 Å². The highest BCUT2D eigenvalue weighted by atomic mass is 16.6. The van der Waals surface area contributed by atoms with Crippen LogP contribution >= 0.6 is 0 Å². The third kappa shape index (κ3) is 9.82. The molecule has 6 heteroatoms. The Kier molecular flexibility index (Phi) is 7.67. The van der Waals surface area contributed by atoms with Gasteiger partial charge in [-0.3, -0.25) is 9.59 Å². The highest BCUT2D eigenvalue weighted by Gasteiger charge is 2.15. The molecule has 0 spiro atoms. The summed E-state index contributed by atoms with van der Waals surface area (Å²) < 4.78 is 5.12. The van der Waals surface area contributed by atoms with Gasteiger partial charge in [-0.05, 0) is 52.0 Å². The monoisotopic (exact) mass is 344 g/mol. The number of carbonyl (C=O) groups excluding carboxylic acids is 3. The number of alkyl carbamates (subject to hydrolysis) is 1. The Labute approximate surface area is 148 Å². The lowest BCUT2D eigenvalue weighted by molar-refractivity contribution is -0.124. The van der Waals surface area contributed by atoms with Gasteiger partial charge in [0.15, 0.2) is 0 Å². The molecule has 0 saturated heterocycles. The van der Waals surface area contributed by atoms with E-state index < -0.39 is 11.7 Å². The number of Topliss-reactive ketones (excluding diaryl/α,β-unsaturated/α-hetero) is 1. The van der Waals surface area contributed by atoms with Crippen molar-refractivity contribution in [3.05, 3.63) is 29.8 Å². The maximum absolute atomic E-state index is 11.5. The van der Waals surface area contributed by atoms with Crippen molar-refractivity contribution in [1.82, 2.24) is 5.32 Å². The molecule has 0 aliphatic rings. The van der Waals surface area contributed by atoms with Gasteiger partial charge in [0.05, 0.1) is 6.42 Å². The van der Waals surface area contributed by atoms with Crippen molar-refractivity contribution in [2.45, 2.75) is 46.1 Å². The predicted molar refractivity (Wildman–Crippen MR) is 96.1 cm³/mol. The van der Waals surface area contributed by atoms with E-state index in [1.165, 1.54) is 6.92 Å². The van der Waals surface area contributed by atoms with Crippen LogP contribution in [0.5, 0.6) is 0 Å². The molecule has 1 aromatic rings. The average Bonchev–Trinajstić information content (AvgIpc) is 2.46. The Hall–Kier alpha value is -2.81. The molecule has 25 heavy (non-hydrogen) atoms. The fourth-order valence-corrected chi connectivity index (χ4v) is 1.77. The maximum Gasteiger partial charge on any atom is 0.407 e. The number of rotatable bonds is 5. The van der Waals surface area contributed by atoms with Gasteiger partial charge in [0.25, 0.3) is 0 Å². The summed E-state index contributed by atoms with van der Waals surface area (Å²) in [5, 5.41) is 5.27. The Bertz CT molecular complexity index is 676. The molecule has 134 valence electrons. The van der Waals surface area contributed by atoms with Gasteiger partial charge in [-0.25, -0.2) is 4.79 Å². The summed E-state index contributed by atoms with van der Waals surface area (Å²) >= 11 is 0. The van der Waals surface area contributed by atoms with Crippen LogP contribution in [0.15, 0.2) is 24.3 Å². The molecule has 0 fully saturated rings. The van der Waals surface area contributed by atoms with Crippen molar-refractivity contribution in [3.8, 4) is 11.8 Å². The molecule has 0 saturated carbocycles. The summed E-state index contributed by atoms with van der Waals surface area (Å²) in [7, 11) is 0. The number of benzene rings is 1. The molecule has 0 aliphatic carbocycles. The zero-order valence-electron chi connectivity index (χ0n) is 15.1. The van der Waals surface area contributed by atoms with Crippen LogP contribution in [0.4, 0.5) is 10.5 Å². The lowest BCUT2D eigenvalue weighted by Gasteiger charge is -2.19. The van der Waals surface area contributed by atoms with Crippen LogP contribution in [-0.2, 0) is 14.3 Å². The second-order valence-electron chi connectivity index (χ2n) is 6.48. The van der Waals surface area contributed by atoms with E-state index in [9.17, 15) is 14.4 Å². The van der Waals surface area contributed by atoms with Crippen LogP contribution in [0.25, 0.3) is 0 Å². The first-order chi connectivity index (χ1) is 11.7. The number of ketones is 1. The molecule has 2 amide bonds. The number of anilines is 1. The smallest absolute Gasteiger partial charge is 0.407 e. The van der Waals surface area contributed by atoms with E-state index in [4.69, 9.17) is 4.74 Å². The topological polar surface area (TPSA) is 84.5 Å². The molecule has 0 bridgehead atoms. The molecular weight excluding hydrogens is 320 g/mol. The fraction of sp³-hybridized carbons (Fsp3) is 0.421. The summed E-state index contributed by atoms with van der Waals surface area (Å²) in [4.78, 5) is 33.8. The van der Waals surface area contributed by atoms with Crippen molar-refractivity contribution in [2.24, 2.45) is 0 Å².